The molecule has 1 aromatic heterocycles. The Morgan fingerprint density at radius 3 is 2.42 bits per heavy atom. The van der Waals surface area contributed by atoms with Crippen molar-refractivity contribution in [3.05, 3.63) is 76.2 Å². The average molecular weight is 419 g/mol. The fourth-order valence-electron chi connectivity index (χ4n) is 3.91. The Labute approximate surface area is 180 Å². The third-order valence-electron chi connectivity index (χ3n) is 5.43. The number of hydrogen-bond donors (Lipinski definition) is 1. The molecule has 8 nitrogen and oxygen atoms in total. The van der Waals surface area contributed by atoms with Gasteiger partial charge in [-0.3, -0.25) is 14.5 Å². The molecule has 0 spiro atoms. The number of benzene rings is 2. The van der Waals surface area contributed by atoms with E-state index < -0.39 is 5.91 Å². The van der Waals surface area contributed by atoms with E-state index in [-0.39, 0.29) is 17.3 Å². The average Bonchev–Trinajstić information content (AvgIpc) is 2.81. The summed E-state index contributed by atoms with van der Waals surface area (Å²) in [4.78, 5) is 27.5. The number of nitrogens with one attached hydrogen (secondary N) is 1. The summed E-state index contributed by atoms with van der Waals surface area (Å²) in [6.45, 7) is 4.80. The van der Waals surface area contributed by atoms with E-state index in [1.54, 1.807) is 24.3 Å². The van der Waals surface area contributed by atoms with Crippen LogP contribution in [-0.2, 0) is 11.8 Å². The second-order valence-electron chi connectivity index (χ2n) is 7.48. The number of hydrazone groups is 1. The van der Waals surface area contributed by atoms with E-state index in [9.17, 15) is 9.59 Å². The Bertz CT molecular complexity index is 1170. The molecule has 0 aliphatic carbocycles. The van der Waals surface area contributed by atoms with Gasteiger partial charge >= 0.3 is 0 Å². The van der Waals surface area contributed by atoms with Crippen molar-refractivity contribution in [3.63, 3.8) is 0 Å². The molecule has 1 amide bonds. The summed E-state index contributed by atoms with van der Waals surface area (Å²) in [6, 6.07) is 17.0. The number of fused-ring (bicyclic) bond motifs is 1. The molecule has 0 radical (unpaired) electrons. The molecule has 160 valence electrons. The molecule has 1 unspecified atom stereocenters. The van der Waals surface area contributed by atoms with Crippen LogP contribution in [0.1, 0.15) is 29.0 Å². The van der Waals surface area contributed by atoms with E-state index in [0.717, 1.165) is 24.4 Å². The maximum absolute atomic E-state index is 12.9. The highest BCUT2D eigenvalue weighted by Crippen LogP contribution is 2.23. The van der Waals surface area contributed by atoms with Crippen molar-refractivity contribution in [2.24, 2.45) is 12.1 Å². The number of ether oxygens (including phenoxy) is 1. The quantitative estimate of drug-likeness (QED) is 0.505. The molecule has 31 heavy (non-hydrogen) atoms. The van der Waals surface area contributed by atoms with Gasteiger partial charge < -0.3 is 4.74 Å². The van der Waals surface area contributed by atoms with E-state index in [0.29, 0.717) is 24.0 Å². The highest BCUT2D eigenvalue weighted by atomic mass is 16.5. The normalized spacial score (nSPS) is 16.3. The standard InChI is InChI=1S/C23H25N5O3/c1-16(21(17-8-4-3-5-9-17)28-12-14-31-15-13-28)24-25-22(29)20-18-10-6-7-11-19(18)23(30)27(2)26-20/h3-11,21H,12-15H2,1-2H3,(H,25,29)/b24-16+. The molecule has 1 saturated heterocycles. The van der Waals surface area contributed by atoms with Gasteiger partial charge in [0.1, 0.15) is 0 Å². The molecule has 2 aromatic carbocycles. The Kier molecular flexibility index (Phi) is 6.20. The maximum Gasteiger partial charge on any atom is 0.292 e. The van der Waals surface area contributed by atoms with Gasteiger partial charge in [-0.2, -0.15) is 10.2 Å². The highest BCUT2D eigenvalue weighted by Gasteiger charge is 2.25. The van der Waals surface area contributed by atoms with Crippen molar-refractivity contribution in [1.29, 1.82) is 0 Å². The molecule has 1 aliphatic heterocycles. The van der Waals surface area contributed by atoms with Gasteiger partial charge in [0, 0.05) is 25.5 Å². The number of morpholine rings is 1. The Morgan fingerprint density at radius 2 is 1.71 bits per heavy atom. The van der Waals surface area contributed by atoms with Crippen LogP contribution in [0.25, 0.3) is 10.8 Å². The van der Waals surface area contributed by atoms with Crippen molar-refractivity contribution in [3.8, 4) is 0 Å². The summed E-state index contributed by atoms with van der Waals surface area (Å²) in [5.74, 6) is -0.458. The lowest BCUT2D eigenvalue weighted by Gasteiger charge is -2.34. The minimum absolute atomic E-state index is 0.0739. The van der Waals surface area contributed by atoms with Gasteiger partial charge in [-0.1, -0.05) is 48.5 Å². The van der Waals surface area contributed by atoms with Crippen molar-refractivity contribution in [2.75, 3.05) is 26.3 Å². The van der Waals surface area contributed by atoms with E-state index in [1.165, 1.54) is 11.7 Å². The van der Waals surface area contributed by atoms with Crippen molar-refractivity contribution >= 4 is 22.4 Å². The van der Waals surface area contributed by atoms with Gasteiger partial charge in [-0.15, -0.1) is 0 Å². The van der Waals surface area contributed by atoms with Gasteiger partial charge in [0.25, 0.3) is 11.5 Å². The molecule has 4 rings (SSSR count). The summed E-state index contributed by atoms with van der Waals surface area (Å²) in [5, 5.41) is 9.54. The second kappa shape index (κ2) is 9.20. The Morgan fingerprint density at radius 1 is 1.06 bits per heavy atom. The van der Waals surface area contributed by atoms with Crippen LogP contribution in [0.4, 0.5) is 0 Å². The first-order valence-corrected chi connectivity index (χ1v) is 10.2. The number of amides is 1. The first kappa shape index (κ1) is 20.9. The first-order valence-electron chi connectivity index (χ1n) is 10.2. The molecule has 0 bridgehead atoms. The molecule has 1 N–H and O–H groups in total. The number of carbonyl (C=O) groups is 1. The van der Waals surface area contributed by atoms with Crippen LogP contribution in [0.2, 0.25) is 0 Å². The van der Waals surface area contributed by atoms with Crippen molar-refractivity contribution in [1.82, 2.24) is 20.1 Å². The fraction of sp³-hybridized carbons (Fsp3) is 0.304. The summed E-state index contributed by atoms with van der Waals surface area (Å²) in [5.41, 5.74) is 4.42. The molecule has 3 aromatic rings. The molecule has 8 heteroatoms. The largest absolute Gasteiger partial charge is 0.379 e. The third kappa shape index (κ3) is 4.40. The lowest BCUT2D eigenvalue weighted by molar-refractivity contribution is 0.0285. The van der Waals surface area contributed by atoms with Crippen LogP contribution in [0, 0.1) is 0 Å². The molecule has 2 heterocycles. The van der Waals surface area contributed by atoms with E-state index in [2.05, 4.69) is 32.7 Å². The summed E-state index contributed by atoms with van der Waals surface area (Å²) < 4.78 is 6.67. The lowest BCUT2D eigenvalue weighted by atomic mass is 10.0. The highest BCUT2D eigenvalue weighted by molar-refractivity contribution is 6.05. The van der Waals surface area contributed by atoms with Crippen LogP contribution in [-0.4, -0.2) is 52.6 Å². The fourth-order valence-corrected chi connectivity index (χ4v) is 3.91. The molecule has 1 atom stereocenters. The van der Waals surface area contributed by atoms with Crippen LogP contribution in [0.15, 0.2) is 64.5 Å². The molecular weight excluding hydrogens is 394 g/mol. The molecule has 1 fully saturated rings. The van der Waals surface area contributed by atoms with E-state index >= 15 is 0 Å². The molecule has 0 saturated carbocycles. The lowest BCUT2D eigenvalue weighted by Crippen LogP contribution is -2.42. The van der Waals surface area contributed by atoms with Gasteiger partial charge in [0.15, 0.2) is 5.69 Å². The number of carbonyl (C=O) groups excluding carboxylic acids is 1. The van der Waals surface area contributed by atoms with Gasteiger partial charge in [0.05, 0.1) is 30.4 Å². The van der Waals surface area contributed by atoms with E-state index in [4.69, 9.17) is 4.74 Å². The summed E-state index contributed by atoms with van der Waals surface area (Å²) in [7, 11) is 1.53. The number of aryl methyl sites for hydroxylation is 1. The SMILES string of the molecule is C/C(=N\NC(=O)c1nn(C)c(=O)c2ccccc12)C(c1ccccc1)N1CCOCC1. The predicted molar refractivity (Wildman–Crippen MR) is 119 cm³/mol. The van der Waals surface area contributed by atoms with E-state index in [1.807, 2.05) is 25.1 Å². The summed E-state index contributed by atoms with van der Waals surface area (Å²) >= 11 is 0. The minimum atomic E-state index is -0.458. The third-order valence-corrected chi connectivity index (χ3v) is 5.43. The van der Waals surface area contributed by atoms with Crippen molar-refractivity contribution in [2.45, 2.75) is 13.0 Å². The van der Waals surface area contributed by atoms with Gasteiger partial charge in [-0.25, -0.2) is 10.1 Å². The molecular formula is C23H25N5O3. The maximum atomic E-state index is 12.9. The van der Waals surface area contributed by atoms with Crippen LogP contribution >= 0.6 is 0 Å². The minimum Gasteiger partial charge on any atom is -0.379 e. The van der Waals surface area contributed by atoms with Crippen LogP contribution in [0.3, 0.4) is 0 Å². The zero-order valence-corrected chi connectivity index (χ0v) is 17.6. The Hall–Kier alpha value is -3.36. The van der Waals surface area contributed by atoms with Gasteiger partial charge in [0.2, 0.25) is 0 Å². The number of nitrogens with zero attached hydrogens (tertiary/aromatic N) is 4. The zero-order chi connectivity index (χ0) is 21.8. The number of aromatic nitrogens is 2. The summed E-state index contributed by atoms with van der Waals surface area (Å²) in [6.07, 6.45) is 0. The topological polar surface area (TPSA) is 88.8 Å². The zero-order valence-electron chi connectivity index (χ0n) is 17.6. The number of rotatable bonds is 5. The van der Waals surface area contributed by atoms with Crippen LogP contribution < -0.4 is 11.0 Å². The second-order valence-corrected chi connectivity index (χ2v) is 7.48. The first-order chi connectivity index (χ1) is 15.1. The van der Waals surface area contributed by atoms with Crippen LogP contribution in [0.5, 0.6) is 0 Å². The van der Waals surface area contributed by atoms with Crippen molar-refractivity contribution < 1.29 is 9.53 Å². The van der Waals surface area contributed by atoms with Gasteiger partial charge in [-0.05, 0) is 18.6 Å². The monoisotopic (exact) mass is 419 g/mol. The Balaban J connectivity index is 1.63. The number of hydrogen-bond acceptors (Lipinski definition) is 6. The molecule has 1 aliphatic rings. The smallest absolute Gasteiger partial charge is 0.292 e. The predicted octanol–water partition coefficient (Wildman–Crippen LogP) is 2.11.